The molecule has 1 fully saturated rings. The van der Waals surface area contributed by atoms with E-state index in [1.165, 1.54) is 5.56 Å². The first-order chi connectivity index (χ1) is 16.0. The predicted octanol–water partition coefficient (Wildman–Crippen LogP) is 3.20. The zero-order valence-electron chi connectivity index (χ0n) is 18.8. The average molecular weight is 443 g/mol. The summed E-state index contributed by atoms with van der Waals surface area (Å²) in [6.45, 7) is 5.68. The number of rotatable bonds is 4. The number of amides is 1. The van der Waals surface area contributed by atoms with E-state index in [-0.39, 0.29) is 22.9 Å². The highest BCUT2D eigenvalue weighted by Crippen LogP contribution is 2.26. The van der Waals surface area contributed by atoms with Gasteiger partial charge >= 0.3 is 0 Å². The second kappa shape index (κ2) is 8.61. The number of carbonyl (C=O) groups is 1. The number of nitrogens with one attached hydrogen (secondary N) is 1. The Morgan fingerprint density at radius 1 is 1.12 bits per heavy atom. The van der Waals surface area contributed by atoms with E-state index in [1.807, 2.05) is 67.3 Å². The Hall–Kier alpha value is -3.81. The minimum Gasteiger partial charge on any atom is -0.338 e. The standard InChI is InChI=1S/C25H26N6O2/c1-16-9-11-18(12-10-16)14-31-23-21(28-29-31)24(32)27-22(26-23)19-7-5-13-30(15-19)25(33)20-8-4-3-6-17(20)2/h3-4,6,8-12,19H,5,7,13-15H2,1-2H3,(H,26,27,32)/t19-/m0/s1. The highest BCUT2D eigenvalue weighted by molar-refractivity contribution is 5.95. The monoisotopic (exact) mass is 442 g/mol. The van der Waals surface area contributed by atoms with E-state index in [9.17, 15) is 9.59 Å². The Kier molecular flexibility index (Phi) is 5.50. The number of H-pyrrole nitrogens is 1. The van der Waals surface area contributed by atoms with Crippen LogP contribution in [0.3, 0.4) is 0 Å². The molecule has 1 atom stereocenters. The highest BCUT2D eigenvalue weighted by Gasteiger charge is 2.28. The molecule has 0 unspecified atom stereocenters. The summed E-state index contributed by atoms with van der Waals surface area (Å²) in [5.74, 6) is 0.557. The third-order valence-electron chi connectivity index (χ3n) is 6.32. The molecule has 0 bridgehead atoms. The van der Waals surface area contributed by atoms with Gasteiger partial charge in [0.05, 0.1) is 6.54 Å². The van der Waals surface area contributed by atoms with Crippen LogP contribution in [0.2, 0.25) is 0 Å². The van der Waals surface area contributed by atoms with Gasteiger partial charge in [-0.25, -0.2) is 9.67 Å². The molecule has 2 aromatic heterocycles. The Morgan fingerprint density at radius 3 is 2.70 bits per heavy atom. The van der Waals surface area contributed by atoms with Crippen LogP contribution in [0.5, 0.6) is 0 Å². The maximum Gasteiger partial charge on any atom is 0.281 e. The molecule has 1 aliphatic heterocycles. The van der Waals surface area contributed by atoms with E-state index >= 15 is 0 Å². The van der Waals surface area contributed by atoms with Crippen LogP contribution in [-0.4, -0.2) is 48.9 Å². The van der Waals surface area contributed by atoms with E-state index in [0.717, 1.165) is 29.5 Å². The topological polar surface area (TPSA) is 96.8 Å². The molecule has 2 aromatic carbocycles. The van der Waals surface area contributed by atoms with Gasteiger partial charge in [-0.2, -0.15) is 0 Å². The number of carbonyl (C=O) groups excluding carboxylic acids is 1. The smallest absolute Gasteiger partial charge is 0.281 e. The fourth-order valence-corrected chi connectivity index (χ4v) is 4.42. The van der Waals surface area contributed by atoms with Crippen LogP contribution in [0.15, 0.2) is 53.3 Å². The summed E-state index contributed by atoms with van der Waals surface area (Å²) < 4.78 is 1.66. The van der Waals surface area contributed by atoms with Gasteiger partial charge in [0.15, 0.2) is 11.2 Å². The van der Waals surface area contributed by atoms with E-state index in [2.05, 4.69) is 15.3 Å². The van der Waals surface area contributed by atoms with Crippen molar-refractivity contribution in [2.75, 3.05) is 13.1 Å². The number of likely N-dealkylation sites (tertiary alicyclic amines) is 1. The van der Waals surface area contributed by atoms with Crippen LogP contribution < -0.4 is 5.56 Å². The zero-order chi connectivity index (χ0) is 22.9. The Balaban J connectivity index is 1.43. The number of fused-ring (bicyclic) bond motifs is 1. The molecule has 0 spiro atoms. The fourth-order valence-electron chi connectivity index (χ4n) is 4.42. The molecule has 33 heavy (non-hydrogen) atoms. The van der Waals surface area contributed by atoms with Crippen molar-refractivity contribution < 1.29 is 4.79 Å². The maximum atomic E-state index is 13.1. The van der Waals surface area contributed by atoms with Gasteiger partial charge in [0, 0.05) is 24.6 Å². The lowest BCUT2D eigenvalue weighted by molar-refractivity contribution is 0.0704. The summed E-state index contributed by atoms with van der Waals surface area (Å²) in [4.78, 5) is 35.4. The van der Waals surface area contributed by atoms with Crippen LogP contribution >= 0.6 is 0 Å². The molecule has 8 nitrogen and oxygen atoms in total. The minimum absolute atomic E-state index is 0.0207. The highest BCUT2D eigenvalue weighted by atomic mass is 16.2. The third-order valence-corrected chi connectivity index (χ3v) is 6.32. The van der Waals surface area contributed by atoms with Crippen molar-refractivity contribution in [3.63, 3.8) is 0 Å². The maximum absolute atomic E-state index is 13.1. The molecule has 1 saturated heterocycles. The Bertz CT molecular complexity index is 1370. The molecule has 0 aliphatic carbocycles. The van der Waals surface area contributed by atoms with Crippen molar-refractivity contribution in [1.82, 2.24) is 29.9 Å². The van der Waals surface area contributed by atoms with Crippen molar-refractivity contribution in [2.24, 2.45) is 0 Å². The van der Waals surface area contributed by atoms with Crippen LogP contribution in [0.25, 0.3) is 11.2 Å². The van der Waals surface area contributed by atoms with Crippen molar-refractivity contribution >= 4 is 17.1 Å². The summed E-state index contributed by atoms with van der Waals surface area (Å²) >= 11 is 0. The van der Waals surface area contributed by atoms with Gasteiger partial charge < -0.3 is 9.88 Å². The van der Waals surface area contributed by atoms with Crippen LogP contribution in [-0.2, 0) is 6.54 Å². The first-order valence-electron chi connectivity index (χ1n) is 11.2. The number of hydrogen-bond donors (Lipinski definition) is 1. The van der Waals surface area contributed by atoms with Crippen molar-refractivity contribution in [3.05, 3.63) is 87.0 Å². The average Bonchev–Trinajstić information content (AvgIpc) is 3.24. The lowest BCUT2D eigenvalue weighted by atomic mass is 9.96. The zero-order valence-corrected chi connectivity index (χ0v) is 18.8. The van der Waals surface area contributed by atoms with Crippen LogP contribution in [0.4, 0.5) is 0 Å². The number of aromatic amines is 1. The Morgan fingerprint density at radius 2 is 1.91 bits per heavy atom. The summed E-state index contributed by atoms with van der Waals surface area (Å²) in [6.07, 6.45) is 1.70. The number of nitrogens with zero attached hydrogens (tertiary/aromatic N) is 5. The molecule has 8 heteroatoms. The molecule has 1 N–H and O–H groups in total. The molecule has 1 aliphatic rings. The van der Waals surface area contributed by atoms with Gasteiger partial charge in [-0.05, 0) is 43.9 Å². The lowest BCUT2D eigenvalue weighted by Gasteiger charge is -2.32. The fraction of sp³-hybridized carbons (Fsp3) is 0.320. The predicted molar refractivity (Wildman–Crippen MR) is 125 cm³/mol. The van der Waals surface area contributed by atoms with Gasteiger partial charge in [0.2, 0.25) is 0 Å². The van der Waals surface area contributed by atoms with Crippen molar-refractivity contribution in [3.8, 4) is 0 Å². The van der Waals surface area contributed by atoms with Gasteiger partial charge in [-0.1, -0.05) is 53.2 Å². The molecular formula is C25H26N6O2. The molecular weight excluding hydrogens is 416 g/mol. The molecule has 4 aromatic rings. The second-order valence-electron chi connectivity index (χ2n) is 8.76. The van der Waals surface area contributed by atoms with Gasteiger partial charge in [-0.15, -0.1) is 5.10 Å². The van der Waals surface area contributed by atoms with Crippen molar-refractivity contribution in [2.45, 2.75) is 39.2 Å². The number of piperidine rings is 1. The van der Waals surface area contributed by atoms with Crippen LogP contribution in [0, 0.1) is 13.8 Å². The second-order valence-corrected chi connectivity index (χ2v) is 8.76. The number of benzene rings is 2. The number of aromatic nitrogens is 5. The SMILES string of the molecule is Cc1ccc(Cn2nnc3c(=O)[nH]c([C@H]4CCCN(C(=O)c5ccccc5C)C4)nc32)cc1. The van der Waals surface area contributed by atoms with Crippen LogP contribution in [0.1, 0.15) is 51.6 Å². The van der Waals surface area contributed by atoms with E-state index < -0.39 is 0 Å². The quantitative estimate of drug-likeness (QED) is 0.524. The van der Waals surface area contributed by atoms with Gasteiger partial charge in [0.1, 0.15) is 5.82 Å². The molecule has 0 saturated carbocycles. The minimum atomic E-state index is -0.299. The summed E-state index contributed by atoms with van der Waals surface area (Å²) in [5.41, 5.74) is 4.32. The number of aryl methyl sites for hydroxylation is 2. The lowest BCUT2D eigenvalue weighted by Crippen LogP contribution is -2.40. The number of hydrogen-bond acceptors (Lipinski definition) is 5. The summed E-state index contributed by atoms with van der Waals surface area (Å²) in [7, 11) is 0. The van der Waals surface area contributed by atoms with Crippen molar-refractivity contribution in [1.29, 1.82) is 0 Å². The molecule has 168 valence electrons. The molecule has 1 amide bonds. The normalized spacial score (nSPS) is 16.3. The van der Waals surface area contributed by atoms with E-state index in [0.29, 0.717) is 31.1 Å². The van der Waals surface area contributed by atoms with Gasteiger partial charge in [0.25, 0.3) is 11.5 Å². The van der Waals surface area contributed by atoms with Gasteiger partial charge in [-0.3, -0.25) is 9.59 Å². The summed E-state index contributed by atoms with van der Waals surface area (Å²) in [5, 5.41) is 8.23. The first kappa shape index (κ1) is 21.1. The van der Waals surface area contributed by atoms with E-state index in [4.69, 9.17) is 4.98 Å². The first-order valence-corrected chi connectivity index (χ1v) is 11.2. The molecule has 0 radical (unpaired) electrons. The molecule has 5 rings (SSSR count). The molecule has 3 heterocycles. The largest absolute Gasteiger partial charge is 0.338 e. The van der Waals surface area contributed by atoms with E-state index in [1.54, 1.807) is 4.68 Å². The summed E-state index contributed by atoms with van der Waals surface area (Å²) in [6, 6.07) is 15.8. The third kappa shape index (κ3) is 4.16. The Labute approximate surface area is 191 Å².